The molecular formula is C14H19F2N5O. The molecule has 0 saturated carbocycles. The zero-order valence-corrected chi connectivity index (χ0v) is 13.0. The standard InChI is InChI=1S/C14H19F2N5O/c1-8-5-12(13(15)16)19-21(8)10(3)14(22)17-6-11-7-18-20(4)9(11)2/h5,7,10,13H,6H2,1-4H3,(H,17,22). The monoisotopic (exact) mass is 311 g/mol. The highest BCUT2D eigenvalue weighted by atomic mass is 19.3. The van der Waals surface area contributed by atoms with Crippen LogP contribution >= 0.6 is 0 Å². The molecule has 1 N–H and O–H groups in total. The second-order valence-electron chi connectivity index (χ2n) is 5.23. The summed E-state index contributed by atoms with van der Waals surface area (Å²) < 4.78 is 28.3. The molecule has 120 valence electrons. The van der Waals surface area contributed by atoms with Crippen LogP contribution in [-0.2, 0) is 18.4 Å². The van der Waals surface area contributed by atoms with Crippen molar-refractivity contribution in [3.63, 3.8) is 0 Å². The second-order valence-corrected chi connectivity index (χ2v) is 5.23. The van der Waals surface area contributed by atoms with E-state index in [0.29, 0.717) is 12.2 Å². The molecule has 22 heavy (non-hydrogen) atoms. The first-order chi connectivity index (χ1) is 10.3. The van der Waals surface area contributed by atoms with Crippen LogP contribution in [0.4, 0.5) is 8.78 Å². The Kier molecular flexibility index (Phi) is 4.58. The van der Waals surface area contributed by atoms with Gasteiger partial charge in [-0.2, -0.15) is 10.2 Å². The number of rotatable bonds is 5. The number of nitrogens with one attached hydrogen (secondary N) is 1. The highest BCUT2D eigenvalue weighted by Crippen LogP contribution is 2.20. The summed E-state index contributed by atoms with van der Waals surface area (Å²) in [4.78, 5) is 12.2. The number of nitrogens with zero attached hydrogens (tertiary/aromatic N) is 4. The average Bonchev–Trinajstić information content (AvgIpc) is 3.00. The third-order valence-corrected chi connectivity index (χ3v) is 3.70. The van der Waals surface area contributed by atoms with E-state index in [4.69, 9.17) is 0 Å². The third-order valence-electron chi connectivity index (χ3n) is 3.70. The normalized spacial score (nSPS) is 12.7. The van der Waals surface area contributed by atoms with E-state index in [9.17, 15) is 13.6 Å². The molecule has 2 aromatic heterocycles. The number of hydrogen-bond donors (Lipinski definition) is 1. The number of halogens is 2. The van der Waals surface area contributed by atoms with Crippen molar-refractivity contribution in [1.29, 1.82) is 0 Å². The molecule has 1 atom stereocenters. The van der Waals surface area contributed by atoms with Gasteiger partial charge in [-0.3, -0.25) is 14.2 Å². The van der Waals surface area contributed by atoms with E-state index in [1.807, 2.05) is 14.0 Å². The first-order valence-electron chi connectivity index (χ1n) is 6.90. The maximum absolute atomic E-state index is 12.7. The van der Waals surface area contributed by atoms with Gasteiger partial charge in [-0.1, -0.05) is 0 Å². The van der Waals surface area contributed by atoms with Crippen molar-refractivity contribution in [2.24, 2.45) is 7.05 Å². The van der Waals surface area contributed by atoms with Crippen LogP contribution in [0.1, 0.15) is 42.0 Å². The molecule has 0 aliphatic carbocycles. The van der Waals surface area contributed by atoms with Gasteiger partial charge in [0.05, 0.1) is 6.20 Å². The molecule has 0 aliphatic heterocycles. The number of aromatic nitrogens is 4. The van der Waals surface area contributed by atoms with Crippen LogP contribution in [0.5, 0.6) is 0 Å². The van der Waals surface area contributed by atoms with Crippen molar-refractivity contribution in [2.45, 2.75) is 39.8 Å². The van der Waals surface area contributed by atoms with E-state index in [-0.39, 0.29) is 11.6 Å². The Balaban J connectivity index is 2.04. The average molecular weight is 311 g/mol. The SMILES string of the molecule is Cc1c(CNC(=O)C(C)n2nc(C(F)F)cc2C)cnn1C. The van der Waals surface area contributed by atoms with Gasteiger partial charge in [0.15, 0.2) is 0 Å². The molecule has 0 saturated heterocycles. The molecule has 0 fully saturated rings. The van der Waals surface area contributed by atoms with Crippen LogP contribution < -0.4 is 5.32 Å². The first kappa shape index (κ1) is 16.1. The molecule has 1 unspecified atom stereocenters. The van der Waals surface area contributed by atoms with Gasteiger partial charge in [0.25, 0.3) is 6.43 Å². The molecule has 0 radical (unpaired) electrons. The van der Waals surface area contributed by atoms with Gasteiger partial charge >= 0.3 is 0 Å². The van der Waals surface area contributed by atoms with Gasteiger partial charge in [-0.25, -0.2) is 8.78 Å². The van der Waals surface area contributed by atoms with Crippen molar-refractivity contribution < 1.29 is 13.6 Å². The van der Waals surface area contributed by atoms with Crippen molar-refractivity contribution in [1.82, 2.24) is 24.9 Å². The summed E-state index contributed by atoms with van der Waals surface area (Å²) in [7, 11) is 1.82. The van der Waals surface area contributed by atoms with Crippen LogP contribution in [0, 0.1) is 13.8 Å². The van der Waals surface area contributed by atoms with E-state index in [1.54, 1.807) is 24.7 Å². The van der Waals surface area contributed by atoms with E-state index >= 15 is 0 Å². The molecular weight excluding hydrogens is 292 g/mol. The molecule has 0 bridgehead atoms. The fourth-order valence-corrected chi connectivity index (χ4v) is 2.17. The highest BCUT2D eigenvalue weighted by molar-refractivity contribution is 5.79. The Morgan fingerprint density at radius 2 is 2.09 bits per heavy atom. The van der Waals surface area contributed by atoms with Crippen LogP contribution in [0.2, 0.25) is 0 Å². The topological polar surface area (TPSA) is 64.7 Å². The smallest absolute Gasteiger partial charge is 0.282 e. The predicted octanol–water partition coefficient (Wildman–Crippen LogP) is 2.05. The zero-order valence-electron chi connectivity index (χ0n) is 13.0. The third kappa shape index (κ3) is 3.15. The van der Waals surface area contributed by atoms with Crippen molar-refractivity contribution in [2.75, 3.05) is 0 Å². The second kappa shape index (κ2) is 6.25. The summed E-state index contributed by atoms with van der Waals surface area (Å²) in [6.07, 6.45) is -0.956. The number of hydrogen-bond acceptors (Lipinski definition) is 3. The van der Waals surface area contributed by atoms with E-state index < -0.39 is 12.5 Å². The Labute approximate surface area is 127 Å². The Bertz CT molecular complexity index is 677. The minimum atomic E-state index is -2.65. The fraction of sp³-hybridized carbons (Fsp3) is 0.500. The molecule has 2 aromatic rings. The van der Waals surface area contributed by atoms with Gasteiger partial charge in [0.1, 0.15) is 11.7 Å². The molecule has 0 spiro atoms. The summed E-state index contributed by atoms with van der Waals surface area (Å²) in [5, 5.41) is 10.7. The van der Waals surface area contributed by atoms with Gasteiger partial charge < -0.3 is 5.32 Å². The van der Waals surface area contributed by atoms with Crippen LogP contribution in [0.15, 0.2) is 12.3 Å². The lowest BCUT2D eigenvalue weighted by Gasteiger charge is -2.14. The number of amides is 1. The summed E-state index contributed by atoms with van der Waals surface area (Å²) in [6.45, 7) is 5.52. The molecule has 2 heterocycles. The van der Waals surface area contributed by atoms with Gasteiger partial charge in [-0.15, -0.1) is 0 Å². The number of carbonyl (C=O) groups excluding carboxylic acids is 1. The van der Waals surface area contributed by atoms with Crippen LogP contribution in [0.3, 0.4) is 0 Å². The lowest BCUT2D eigenvalue weighted by molar-refractivity contribution is -0.124. The lowest BCUT2D eigenvalue weighted by atomic mass is 10.2. The summed E-state index contributed by atoms with van der Waals surface area (Å²) in [6, 6.07) is 0.629. The minimum Gasteiger partial charge on any atom is -0.350 e. The van der Waals surface area contributed by atoms with Crippen LogP contribution in [0.25, 0.3) is 0 Å². The van der Waals surface area contributed by atoms with E-state index in [2.05, 4.69) is 15.5 Å². The Hall–Kier alpha value is -2.25. The van der Waals surface area contributed by atoms with Crippen LogP contribution in [-0.4, -0.2) is 25.5 Å². The lowest BCUT2D eigenvalue weighted by Crippen LogP contribution is -2.31. The van der Waals surface area contributed by atoms with Crippen molar-refractivity contribution in [3.8, 4) is 0 Å². The molecule has 0 aromatic carbocycles. The van der Waals surface area contributed by atoms with E-state index in [1.165, 1.54) is 10.7 Å². The van der Waals surface area contributed by atoms with Gasteiger partial charge in [-0.05, 0) is 26.8 Å². The highest BCUT2D eigenvalue weighted by Gasteiger charge is 2.21. The first-order valence-corrected chi connectivity index (χ1v) is 6.90. The summed E-state index contributed by atoms with van der Waals surface area (Å²) >= 11 is 0. The molecule has 6 nitrogen and oxygen atoms in total. The molecule has 0 aliphatic rings. The van der Waals surface area contributed by atoms with Crippen molar-refractivity contribution >= 4 is 5.91 Å². The maximum atomic E-state index is 12.7. The molecule has 2 rings (SSSR count). The minimum absolute atomic E-state index is 0.282. The zero-order chi connectivity index (χ0) is 16.4. The molecule has 1 amide bonds. The Morgan fingerprint density at radius 3 is 2.59 bits per heavy atom. The number of aryl methyl sites for hydroxylation is 2. The maximum Gasteiger partial charge on any atom is 0.282 e. The summed E-state index contributed by atoms with van der Waals surface area (Å²) in [5.74, 6) is -0.282. The molecule has 8 heteroatoms. The predicted molar refractivity (Wildman–Crippen MR) is 76.4 cm³/mol. The Morgan fingerprint density at radius 1 is 1.41 bits per heavy atom. The van der Waals surface area contributed by atoms with Gasteiger partial charge in [0.2, 0.25) is 5.91 Å². The quantitative estimate of drug-likeness (QED) is 0.919. The fourth-order valence-electron chi connectivity index (χ4n) is 2.17. The summed E-state index contributed by atoms with van der Waals surface area (Å²) in [5.41, 5.74) is 2.08. The number of alkyl halides is 2. The largest absolute Gasteiger partial charge is 0.350 e. The van der Waals surface area contributed by atoms with Crippen molar-refractivity contribution in [3.05, 3.63) is 34.9 Å². The van der Waals surface area contributed by atoms with E-state index in [0.717, 1.165) is 11.3 Å². The number of carbonyl (C=O) groups is 1. The van der Waals surface area contributed by atoms with Gasteiger partial charge in [0, 0.05) is 30.5 Å².